The Labute approximate surface area is 185 Å². The van der Waals surface area contributed by atoms with Gasteiger partial charge in [-0.25, -0.2) is 4.98 Å². The van der Waals surface area contributed by atoms with E-state index in [0.29, 0.717) is 23.7 Å². The van der Waals surface area contributed by atoms with Gasteiger partial charge in [0.25, 0.3) is 5.91 Å². The van der Waals surface area contributed by atoms with Crippen molar-refractivity contribution in [1.82, 2.24) is 15.2 Å². The summed E-state index contributed by atoms with van der Waals surface area (Å²) in [5.74, 6) is 0.727. The van der Waals surface area contributed by atoms with Crippen LogP contribution < -0.4 is 15.0 Å². The number of piperazine rings is 1. The molecule has 0 saturated carbocycles. The number of fused-ring (bicyclic) bond motifs is 1. The van der Waals surface area contributed by atoms with E-state index in [0.717, 1.165) is 53.8 Å². The lowest BCUT2D eigenvalue weighted by molar-refractivity contribution is 0.0947. The monoisotopic (exact) mass is 444 g/mol. The molecule has 4 rings (SSSR count). The Morgan fingerprint density at radius 2 is 1.93 bits per heavy atom. The first-order chi connectivity index (χ1) is 14.6. The molecule has 0 bridgehead atoms. The van der Waals surface area contributed by atoms with Gasteiger partial charge >= 0.3 is 0 Å². The van der Waals surface area contributed by atoms with Gasteiger partial charge in [-0.2, -0.15) is 0 Å². The fraction of sp³-hybridized carbons (Fsp3) is 0.364. The number of anilines is 1. The largest absolute Gasteiger partial charge is 0.494 e. The molecule has 1 aromatic heterocycles. The number of carbonyl (C=O) groups excluding carboxylic acids is 1. The molecule has 2 aromatic carbocycles. The van der Waals surface area contributed by atoms with Crippen LogP contribution in [0.2, 0.25) is 5.02 Å². The number of aromatic nitrogens is 1. The van der Waals surface area contributed by atoms with E-state index in [9.17, 15) is 4.79 Å². The van der Waals surface area contributed by atoms with Crippen molar-refractivity contribution in [2.45, 2.75) is 6.92 Å². The smallest absolute Gasteiger partial charge is 0.251 e. The van der Waals surface area contributed by atoms with Gasteiger partial charge in [0, 0.05) is 44.8 Å². The van der Waals surface area contributed by atoms with E-state index in [1.54, 1.807) is 23.5 Å². The van der Waals surface area contributed by atoms with Crippen molar-refractivity contribution in [1.29, 1.82) is 0 Å². The zero-order valence-electron chi connectivity index (χ0n) is 16.9. The zero-order chi connectivity index (χ0) is 20.9. The van der Waals surface area contributed by atoms with Crippen LogP contribution in [0.4, 0.5) is 5.13 Å². The lowest BCUT2D eigenvalue weighted by Crippen LogP contribution is -2.48. The minimum absolute atomic E-state index is 0.0527. The van der Waals surface area contributed by atoms with Crippen molar-refractivity contribution in [3.05, 3.63) is 53.1 Å². The number of hydrogen-bond donors (Lipinski definition) is 1. The number of carbonyl (C=O) groups is 1. The summed E-state index contributed by atoms with van der Waals surface area (Å²) >= 11 is 7.95. The summed E-state index contributed by atoms with van der Waals surface area (Å²) in [5, 5.41) is 4.74. The lowest BCUT2D eigenvalue weighted by Gasteiger charge is -2.34. The standard InChI is InChI=1S/C22H25ClN4O2S/c1-2-29-17-8-6-16(7-9-17)21(28)24-10-11-26-12-14-27(15-13-26)22-25-20-18(23)4-3-5-19(20)30-22/h3-9H,2,10-15H2,1H3,(H,24,28). The Morgan fingerprint density at radius 3 is 2.63 bits per heavy atom. The second-order valence-electron chi connectivity index (χ2n) is 7.12. The van der Waals surface area contributed by atoms with Gasteiger partial charge in [-0.05, 0) is 43.3 Å². The summed E-state index contributed by atoms with van der Waals surface area (Å²) in [6.07, 6.45) is 0. The fourth-order valence-electron chi connectivity index (χ4n) is 3.50. The Hall–Kier alpha value is -2.35. The molecule has 1 saturated heterocycles. The van der Waals surface area contributed by atoms with Crippen molar-refractivity contribution in [3.63, 3.8) is 0 Å². The van der Waals surface area contributed by atoms with Crippen LogP contribution in [0, 0.1) is 0 Å². The Bertz CT molecular complexity index is 1000. The van der Waals surface area contributed by atoms with Gasteiger partial charge in [0.05, 0.1) is 16.3 Å². The molecular formula is C22H25ClN4O2S. The molecule has 3 aromatic rings. The molecule has 0 unspecified atom stereocenters. The summed E-state index contributed by atoms with van der Waals surface area (Å²) in [5.41, 5.74) is 1.54. The highest BCUT2D eigenvalue weighted by Crippen LogP contribution is 2.33. The van der Waals surface area contributed by atoms with Crippen molar-refractivity contribution in [2.24, 2.45) is 0 Å². The highest BCUT2D eigenvalue weighted by molar-refractivity contribution is 7.22. The van der Waals surface area contributed by atoms with Crippen molar-refractivity contribution in [3.8, 4) is 5.75 Å². The number of thiazole rings is 1. The van der Waals surface area contributed by atoms with Crippen LogP contribution in [0.25, 0.3) is 10.2 Å². The van der Waals surface area contributed by atoms with Crippen molar-refractivity contribution >= 4 is 44.2 Å². The number of hydrogen-bond acceptors (Lipinski definition) is 6. The molecule has 2 heterocycles. The summed E-state index contributed by atoms with van der Waals surface area (Å²) in [6.45, 7) is 7.76. The molecule has 1 aliphatic heterocycles. The van der Waals surface area contributed by atoms with Crippen LogP contribution in [-0.4, -0.2) is 61.7 Å². The minimum Gasteiger partial charge on any atom is -0.494 e. The predicted octanol–water partition coefficient (Wildman–Crippen LogP) is 3.90. The van der Waals surface area contributed by atoms with E-state index in [-0.39, 0.29) is 5.91 Å². The van der Waals surface area contributed by atoms with E-state index >= 15 is 0 Å². The van der Waals surface area contributed by atoms with Crippen LogP contribution in [0.15, 0.2) is 42.5 Å². The molecule has 0 aliphatic carbocycles. The molecule has 0 atom stereocenters. The average Bonchev–Trinajstić information content (AvgIpc) is 3.21. The molecule has 0 spiro atoms. The topological polar surface area (TPSA) is 57.7 Å². The van der Waals surface area contributed by atoms with E-state index < -0.39 is 0 Å². The summed E-state index contributed by atoms with van der Waals surface area (Å²) in [7, 11) is 0. The third kappa shape index (κ3) is 4.86. The molecule has 1 fully saturated rings. The first-order valence-corrected chi connectivity index (χ1v) is 11.4. The maximum atomic E-state index is 12.3. The summed E-state index contributed by atoms with van der Waals surface area (Å²) in [4.78, 5) is 21.7. The second-order valence-corrected chi connectivity index (χ2v) is 8.54. The first kappa shape index (κ1) is 20.9. The van der Waals surface area contributed by atoms with Gasteiger partial charge in [-0.3, -0.25) is 9.69 Å². The van der Waals surface area contributed by atoms with Crippen LogP contribution in [0.3, 0.4) is 0 Å². The van der Waals surface area contributed by atoms with Gasteiger partial charge in [0.2, 0.25) is 0 Å². The number of nitrogens with one attached hydrogen (secondary N) is 1. The van der Waals surface area contributed by atoms with E-state index in [1.165, 1.54) is 0 Å². The molecule has 1 aliphatic rings. The lowest BCUT2D eigenvalue weighted by atomic mass is 10.2. The first-order valence-electron chi connectivity index (χ1n) is 10.2. The number of halogens is 1. The van der Waals surface area contributed by atoms with Crippen LogP contribution in [0.1, 0.15) is 17.3 Å². The highest BCUT2D eigenvalue weighted by atomic mass is 35.5. The number of nitrogens with zero attached hydrogens (tertiary/aromatic N) is 3. The number of rotatable bonds is 7. The molecule has 0 radical (unpaired) electrons. The quantitative estimate of drug-likeness (QED) is 0.599. The maximum Gasteiger partial charge on any atom is 0.251 e. The van der Waals surface area contributed by atoms with Gasteiger partial charge in [-0.15, -0.1) is 0 Å². The van der Waals surface area contributed by atoms with Crippen LogP contribution in [-0.2, 0) is 0 Å². The maximum absolute atomic E-state index is 12.3. The fourth-order valence-corrected chi connectivity index (χ4v) is 4.82. The van der Waals surface area contributed by atoms with Crippen LogP contribution in [0.5, 0.6) is 5.75 Å². The molecule has 6 nitrogen and oxygen atoms in total. The highest BCUT2D eigenvalue weighted by Gasteiger charge is 2.20. The van der Waals surface area contributed by atoms with Gasteiger partial charge < -0.3 is 15.0 Å². The third-order valence-corrected chi connectivity index (χ3v) is 6.53. The summed E-state index contributed by atoms with van der Waals surface area (Å²) < 4.78 is 6.53. The molecule has 1 amide bonds. The normalized spacial score (nSPS) is 14.8. The van der Waals surface area contributed by atoms with Crippen LogP contribution >= 0.6 is 22.9 Å². The van der Waals surface area contributed by atoms with E-state index in [2.05, 4.69) is 21.2 Å². The number of ether oxygens (including phenoxy) is 1. The van der Waals surface area contributed by atoms with Gasteiger partial charge in [0.1, 0.15) is 11.3 Å². The van der Waals surface area contributed by atoms with Gasteiger partial charge in [-0.1, -0.05) is 29.0 Å². The number of para-hydroxylation sites is 1. The van der Waals surface area contributed by atoms with E-state index in [4.69, 9.17) is 21.3 Å². The number of amides is 1. The third-order valence-electron chi connectivity index (χ3n) is 5.14. The Balaban J connectivity index is 1.23. The molecule has 158 valence electrons. The van der Waals surface area contributed by atoms with Crippen molar-refractivity contribution < 1.29 is 9.53 Å². The van der Waals surface area contributed by atoms with E-state index in [1.807, 2.05) is 31.2 Å². The summed E-state index contributed by atoms with van der Waals surface area (Å²) in [6, 6.07) is 13.2. The van der Waals surface area contributed by atoms with Crippen molar-refractivity contribution in [2.75, 3.05) is 50.8 Å². The molecule has 1 N–H and O–H groups in total. The predicted molar refractivity (Wildman–Crippen MR) is 123 cm³/mol. The minimum atomic E-state index is -0.0527. The second kappa shape index (κ2) is 9.64. The Morgan fingerprint density at radius 1 is 1.17 bits per heavy atom. The van der Waals surface area contributed by atoms with Gasteiger partial charge in [0.15, 0.2) is 5.13 Å². The molecule has 30 heavy (non-hydrogen) atoms. The molecular weight excluding hydrogens is 420 g/mol. The number of benzene rings is 2. The average molecular weight is 445 g/mol. The molecule has 8 heteroatoms. The Kier molecular flexibility index (Phi) is 6.72. The SMILES string of the molecule is CCOc1ccc(C(=O)NCCN2CCN(c3nc4c(Cl)cccc4s3)CC2)cc1. The zero-order valence-corrected chi connectivity index (χ0v) is 18.5.